The van der Waals surface area contributed by atoms with Crippen LogP contribution < -0.4 is 10.5 Å². The number of hydrogen-bond acceptors (Lipinski definition) is 3. The Balaban J connectivity index is 1.82. The molecule has 3 rings (SSSR count). The highest BCUT2D eigenvalue weighted by Gasteiger charge is 2.07. The fraction of sp³-hybridized carbons (Fsp3) is 0.0556. The van der Waals surface area contributed by atoms with Gasteiger partial charge in [0.15, 0.2) is 5.84 Å². The molecule has 0 aromatic heterocycles. The summed E-state index contributed by atoms with van der Waals surface area (Å²) in [6.07, 6.45) is 0. The highest BCUT2D eigenvalue weighted by molar-refractivity contribution is 5.98. The van der Waals surface area contributed by atoms with Gasteiger partial charge in [0.2, 0.25) is 0 Å². The lowest BCUT2D eigenvalue weighted by Gasteiger charge is -2.10. The van der Waals surface area contributed by atoms with Crippen molar-refractivity contribution < 1.29 is 9.94 Å². The van der Waals surface area contributed by atoms with Crippen LogP contribution in [0.15, 0.2) is 71.9 Å². The molecular formula is C18H16N2O2. The predicted octanol–water partition coefficient (Wildman–Crippen LogP) is 3.51. The van der Waals surface area contributed by atoms with Gasteiger partial charge in [-0.1, -0.05) is 59.8 Å². The maximum Gasteiger partial charge on any atom is 0.170 e. The van der Waals surface area contributed by atoms with Gasteiger partial charge in [-0.2, -0.15) is 0 Å². The number of nitrogens with two attached hydrogens (primary N) is 1. The maximum absolute atomic E-state index is 8.84. The highest BCUT2D eigenvalue weighted by Crippen LogP contribution is 2.22. The Hall–Kier alpha value is -3.01. The molecule has 3 aromatic rings. The largest absolute Gasteiger partial charge is 0.489 e. The first-order chi connectivity index (χ1) is 10.8. The molecule has 0 atom stereocenters. The third kappa shape index (κ3) is 2.86. The minimum Gasteiger partial charge on any atom is -0.489 e. The zero-order chi connectivity index (χ0) is 15.4. The van der Waals surface area contributed by atoms with Crippen LogP contribution in [0.2, 0.25) is 0 Å². The molecule has 22 heavy (non-hydrogen) atoms. The summed E-state index contributed by atoms with van der Waals surface area (Å²) in [5, 5.41) is 14.2. The van der Waals surface area contributed by atoms with E-state index >= 15 is 0 Å². The van der Waals surface area contributed by atoms with Crippen LogP contribution in [0.3, 0.4) is 0 Å². The molecule has 0 amide bonds. The first kappa shape index (κ1) is 13.9. The van der Waals surface area contributed by atoms with Crippen molar-refractivity contribution in [3.05, 3.63) is 77.9 Å². The van der Waals surface area contributed by atoms with Crippen molar-refractivity contribution in [2.75, 3.05) is 0 Å². The molecule has 0 bridgehead atoms. The molecule has 4 nitrogen and oxygen atoms in total. The summed E-state index contributed by atoms with van der Waals surface area (Å²) in [5.74, 6) is 0.866. The maximum atomic E-state index is 8.84. The average Bonchev–Trinajstić information content (AvgIpc) is 2.59. The van der Waals surface area contributed by atoms with Crippen LogP contribution in [0, 0.1) is 0 Å². The number of nitrogens with zero attached hydrogens (tertiary/aromatic N) is 1. The van der Waals surface area contributed by atoms with Crippen molar-refractivity contribution in [3.63, 3.8) is 0 Å². The summed E-state index contributed by atoms with van der Waals surface area (Å²) < 4.78 is 5.84. The first-order valence-electron chi connectivity index (χ1n) is 6.95. The third-order valence-corrected chi connectivity index (χ3v) is 3.52. The number of oxime groups is 1. The van der Waals surface area contributed by atoms with E-state index in [1.54, 1.807) is 6.07 Å². The number of rotatable bonds is 4. The molecule has 0 radical (unpaired) electrons. The molecule has 0 aliphatic carbocycles. The molecule has 3 aromatic carbocycles. The van der Waals surface area contributed by atoms with Gasteiger partial charge in [-0.05, 0) is 22.9 Å². The first-order valence-corrected chi connectivity index (χ1v) is 6.95. The number of benzene rings is 3. The van der Waals surface area contributed by atoms with E-state index in [1.807, 2.05) is 54.6 Å². The summed E-state index contributed by atoms with van der Waals surface area (Å²) in [5.41, 5.74) is 7.22. The number of ether oxygens (including phenoxy) is 1. The molecule has 3 N–H and O–H groups in total. The molecule has 0 unspecified atom stereocenters. The van der Waals surface area contributed by atoms with E-state index in [0.717, 1.165) is 16.7 Å². The molecule has 0 fully saturated rings. The van der Waals surface area contributed by atoms with Crippen LogP contribution in [0.25, 0.3) is 10.8 Å². The Labute approximate surface area is 128 Å². The molecule has 0 heterocycles. The van der Waals surface area contributed by atoms with Gasteiger partial charge < -0.3 is 15.7 Å². The van der Waals surface area contributed by atoms with Gasteiger partial charge in [0.1, 0.15) is 12.4 Å². The van der Waals surface area contributed by atoms with Crippen molar-refractivity contribution in [2.45, 2.75) is 6.61 Å². The van der Waals surface area contributed by atoms with Crippen molar-refractivity contribution in [2.24, 2.45) is 10.9 Å². The Morgan fingerprint density at radius 2 is 1.68 bits per heavy atom. The number of fused-ring (bicyclic) bond motifs is 1. The zero-order valence-corrected chi connectivity index (χ0v) is 11.9. The van der Waals surface area contributed by atoms with Crippen LogP contribution in [-0.2, 0) is 6.61 Å². The van der Waals surface area contributed by atoms with Crippen molar-refractivity contribution in [1.29, 1.82) is 0 Å². The Morgan fingerprint density at radius 3 is 2.50 bits per heavy atom. The van der Waals surface area contributed by atoms with Crippen LogP contribution in [0.5, 0.6) is 5.75 Å². The van der Waals surface area contributed by atoms with Crippen molar-refractivity contribution in [3.8, 4) is 5.75 Å². The predicted molar refractivity (Wildman–Crippen MR) is 87.2 cm³/mol. The minimum absolute atomic E-state index is 0.0812. The highest BCUT2D eigenvalue weighted by atomic mass is 16.5. The molecule has 0 saturated heterocycles. The van der Waals surface area contributed by atoms with Gasteiger partial charge in [0.25, 0.3) is 0 Å². The quantitative estimate of drug-likeness (QED) is 0.334. The monoisotopic (exact) mass is 292 g/mol. The van der Waals surface area contributed by atoms with Crippen LogP contribution in [0.4, 0.5) is 0 Å². The molecule has 0 aliphatic heterocycles. The second-order valence-electron chi connectivity index (χ2n) is 4.94. The summed E-state index contributed by atoms with van der Waals surface area (Å²) in [7, 11) is 0. The van der Waals surface area contributed by atoms with E-state index in [-0.39, 0.29) is 5.84 Å². The molecule has 110 valence electrons. The minimum atomic E-state index is 0.0812. The topological polar surface area (TPSA) is 67.8 Å². The molecular weight excluding hydrogens is 276 g/mol. The zero-order valence-electron chi connectivity index (χ0n) is 11.9. The Kier molecular flexibility index (Phi) is 3.92. The van der Waals surface area contributed by atoms with Gasteiger partial charge in [-0.25, -0.2) is 0 Å². The van der Waals surface area contributed by atoms with Crippen LogP contribution in [-0.4, -0.2) is 11.0 Å². The molecule has 4 heteroatoms. The second-order valence-corrected chi connectivity index (χ2v) is 4.94. The molecule has 0 spiro atoms. The van der Waals surface area contributed by atoms with Crippen molar-refractivity contribution in [1.82, 2.24) is 0 Å². The fourth-order valence-corrected chi connectivity index (χ4v) is 2.37. The molecule has 0 saturated carbocycles. The van der Waals surface area contributed by atoms with E-state index < -0.39 is 0 Å². The summed E-state index contributed by atoms with van der Waals surface area (Å²) in [6, 6.07) is 21.5. The van der Waals surface area contributed by atoms with Gasteiger partial charge in [0, 0.05) is 11.1 Å². The van der Waals surface area contributed by atoms with Gasteiger partial charge in [-0.15, -0.1) is 0 Å². The Bertz CT molecular complexity index is 828. The average molecular weight is 292 g/mol. The normalized spacial score (nSPS) is 11.5. The van der Waals surface area contributed by atoms with Gasteiger partial charge in [0.05, 0.1) is 0 Å². The van der Waals surface area contributed by atoms with E-state index in [0.29, 0.717) is 12.2 Å². The van der Waals surface area contributed by atoms with E-state index in [4.69, 9.17) is 15.7 Å². The van der Waals surface area contributed by atoms with Crippen LogP contribution >= 0.6 is 0 Å². The summed E-state index contributed by atoms with van der Waals surface area (Å²) >= 11 is 0. The Morgan fingerprint density at radius 1 is 0.955 bits per heavy atom. The summed E-state index contributed by atoms with van der Waals surface area (Å²) in [4.78, 5) is 0. The third-order valence-electron chi connectivity index (χ3n) is 3.52. The second kappa shape index (κ2) is 6.18. The van der Waals surface area contributed by atoms with Gasteiger partial charge >= 0.3 is 0 Å². The van der Waals surface area contributed by atoms with E-state index in [1.165, 1.54) is 5.39 Å². The lowest BCUT2D eigenvalue weighted by Crippen LogP contribution is -2.16. The lowest BCUT2D eigenvalue weighted by atomic mass is 10.1. The van der Waals surface area contributed by atoms with Crippen molar-refractivity contribution >= 4 is 16.6 Å². The SMILES string of the molecule is N/C(=N\O)c1ccccc1COc1ccc2ccccc2c1. The van der Waals surface area contributed by atoms with Gasteiger partial charge in [-0.3, -0.25) is 0 Å². The van der Waals surface area contributed by atoms with Crippen LogP contribution in [0.1, 0.15) is 11.1 Å². The smallest absolute Gasteiger partial charge is 0.170 e. The van der Waals surface area contributed by atoms with E-state index in [2.05, 4.69) is 11.2 Å². The van der Waals surface area contributed by atoms with E-state index in [9.17, 15) is 0 Å². The lowest BCUT2D eigenvalue weighted by molar-refractivity contribution is 0.305. The molecule has 0 aliphatic rings. The number of hydrogen-bond donors (Lipinski definition) is 2. The fourth-order valence-electron chi connectivity index (χ4n) is 2.37. The summed E-state index contributed by atoms with van der Waals surface area (Å²) in [6.45, 7) is 0.352. The standard InChI is InChI=1S/C18H16N2O2/c19-18(20-21)17-8-4-3-7-15(17)12-22-16-10-9-13-5-1-2-6-14(13)11-16/h1-11,21H,12H2,(H2,19,20). The number of amidine groups is 1.